The minimum absolute atomic E-state index is 0.0446. The van der Waals surface area contributed by atoms with Crippen LogP contribution in [0.3, 0.4) is 0 Å². The number of halogens is 1. The zero-order valence-corrected chi connectivity index (χ0v) is 27.2. The largest absolute Gasteiger partial charge is 0.441 e. The van der Waals surface area contributed by atoms with Crippen LogP contribution in [0.15, 0.2) is 54.7 Å². The highest BCUT2D eigenvalue weighted by molar-refractivity contribution is 6.01. The summed E-state index contributed by atoms with van der Waals surface area (Å²) in [6.07, 6.45) is 4.05. The Balaban J connectivity index is 1.23. The SMILES string of the molecule is Cc1nn(COC(=O)[C@@H](N)C(C)C)c(C)c1-c1ccc(NC(=O)[C@@H](NC(=O)c2ccnn2C)C2c3cc(F)ccc3CC23CC3)cc1. The number of nitrogens with one attached hydrogen (secondary N) is 2. The molecule has 2 aliphatic carbocycles. The number of nitrogens with two attached hydrogens (primary N) is 1. The van der Waals surface area contributed by atoms with E-state index in [2.05, 4.69) is 20.8 Å². The molecule has 6 rings (SSSR count). The third-order valence-electron chi connectivity index (χ3n) is 9.64. The van der Waals surface area contributed by atoms with Crippen LogP contribution in [0.1, 0.15) is 65.6 Å². The molecule has 0 aliphatic heterocycles. The summed E-state index contributed by atoms with van der Waals surface area (Å²) in [5, 5.41) is 14.6. The highest BCUT2D eigenvalue weighted by Crippen LogP contribution is 2.64. The van der Waals surface area contributed by atoms with Crippen LogP contribution in [-0.2, 0) is 34.5 Å². The number of aromatic nitrogens is 4. The van der Waals surface area contributed by atoms with Crippen molar-refractivity contribution in [3.63, 3.8) is 0 Å². The van der Waals surface area contributed by atoms with Gasteiger partial charge in [-0.15, -0.1) is 0 Å². The molecule has 4 aromatic rings. The summed E-state index contributed by atoms with van der Waals surface area (Å²) in [4.78, 5) is 39.8. The van der Waals surface area contributed by atoms with Gasteiger partial charge in [-0.3, -0.25) is 19.1 Å². The summed E-state index contributed by atoms with van der Waals surface area (Å²) < 4.78 is 23.0. The average molecular weight is 642 g/mol. The minimum atomic E-state index is -0.947. The second kappa shape index (κ2) is 12.4. The second-order valence-electron chi connectivity index (χ2n) is 13.1. The number of hydrogen-bond donors (Lipinski definition) is 3. The Bertz CT molecular complexity index is 1840. The van der Waals surface area contributed by atoms with Gasteiger partial charge in [-0.05, 0) is 91.5 Å². The highest BCUT2D eigenvalue weighted by Gasteiger charge is 2.58. The molecule has 2 aliphatic rings. The maximum Gasteiger partial charge on any atom is 0.324 e. The zero-order valence-electron chi connectivity index (χ0n) is 27.2. The normalized spacial score (nSPS) is 17.3. The monoisotopic (exact) mass is 641 g/mol. The standard InChI is InChI=1S/C35H40FN7O4/c1-19(2)30(37)34(46)47-18-43-21(4)28(20(3)41-43)22-7-10-25(11-8-22)39-33(45)31(40-32(44)27-12-15-38-42(27)5)29-26-16-24(36)9-6-23(26)17-35(29)13-14-35/h6-12,15-16,19,29-31H,13-14,17-18,37H2,1-5H3,(H,39,45)(H,40,44)/t29?,30-,31-/m0/s1. The van der Waals surface area contributed by atoms with Crippen LogP contribution in [0.5, 0.6) is 0 Å². The van der Waals surface area contributed by atoms with Crippen molar-refractivity contribution >= 4 is 23.5 Å². The maximum atomic E-state index is 14.5. The number of hydrogen-bond acceptors (Lipinski definition) is 7. The Kier molecular flexibility index (Phi) is 8.47. The number of fused-ring (bicyclic) bond motifs is 1. The van der Waals surface area contributed by atoms with Crippen LogP contribution in [0.25, 0.3) is 11.1 Å². The van der Waals surface area contributed by atoms with Crippen molar-refractivity contribution in [2.45, 2.75) is 71.7 Å². The fourth-order valence-corrected chi connectivity index (χ4v) is 6.80. The van der Waals surface area contributed by atoms with Gasteiger partial charge in [0.05, 0.1) is 5.69 Å². The number of nitrogens with zero attached hydrogens (tertiary/aromatic N) is 4. The third-order valence-corrected chi connectivity index (χ3v) is 9.64. The fourth-order valence-electron chi connectivity index (χ4n) is 6.80. The van der Waals surface area contributed by atoms with Crippen molar-refractivity contribution < 1.29 is 23.5 Å². The number of aryl methyl sites for hydroxylation is 2. The predicted octanol–water partition coefficient (Wildman–Crippen LogP) is 4.38. The summed E-state index contributed by atoms with van der Waals surface area (Å²) in [5.74, 6) is -2.10. The van der Waals surface area contributed by atoms with Gasteiger partial charge < -0.3 is 21.1 Å². The van der Waals surface area contributed by atoms with E-state index >= 15 is 0 Å². The number of benzene rings is 2. The lowest BCUT2D eigenvalue weighted by Gasteiger charge is -2.29. The molecule has 0 bridgehead atoms. The number of rotatable bonds is 10. The van der Waals surface area contributed by atoms with E-state index in [1.807, 2.05) is 39.8 Å². The Labute approximate surface area is 272 Å². The van der Waals surface area contributed by atoms with Crippen molar-refractivity contribution in [1.29, 1.82) is 0 Å². The number of carbonyl (C=O) groups excluding carboxylic acids is 3. The van der Waals surface area contributed by atoms with E-state index in [0.29, 0.717) is 11.4 Å². The number of ether oxygens (including phenoxy) is 1. The smallest absolute Gasteiger partial charge is 0.324 e. The van der Waals surface area contributed by atoms with E-state index in [4.69, 9.17) is 10.5 Å². The summed E-state index contributed by atoms with van der Waals surface area (Å²) in [6.45, 7) is 7.43. The average Bonchev–Trinajstić information content (AvgIpc) is 3.41. The maximum absolute atomic E-state index is 14.5. The summed E-state index contributed by atoms with van der Waals surface area (Å²) in [5.41, 5.74) is 11.7. The summed E-state index contributed by atoms with van der Waals surface area (Å²) in [7, 11) is 1.66. The van der Waals surface area contributed by atoms with Gasteiger partial charge in [-0.2, -0.15) is 10.2 Å². The molecule has 12 heteroatoms. The van der Waals surface area contributed by atoms with E-state index in [1.165, 1.54) is 23.0 Å². The van der Waals surface area contributed by atoms with E-state index in [-0.39, 0.29) is 35.7 Å². The lowest BCUT2D eigenvalue weighted by Crippen LogP contribution is -2.49. The molecule has 246 valence electrons. The number of anilines is 1. The molecule has 3 atom stereocenters. The van der Waals surface area contributed by atoms with Crippen molar-refractivity contribution in [2.24, 2.45) is 24.1 Å². The van der Waals surface area contributed by atoms with Gasteiger partial charge in [0.2, 0.25) is 5.91 Å². The molecule has 11 nitrogen and oxygen atoms in total. The fraction of sp³-hybridized carbons (Fsp3) is 0.400. The quantitative estimate of drug-likeness (QED) is 0.218. The van der Waals surface area contributed by atoms with Gasteiger partial charge in [0.1, 0.15) is 23.6 Å². The molecule has 1 spiro atoms. The van der Waals surface area contributed by atoms with Gasteiger partial charge in [0, 0.05) is 36.1 Å². The lowest BCUT2D eigenvalue weighted by molar-refractivity contribution is -0.150. The van der Waals surface area contributed by atoms with Gasteiger partial charge >= 0.3 is 5.97 Å². The van der Waals surface area contributed by atoms with Gasteiger partial charge in [-0.25, -0.2) is 9.07 Å². The first-order chi connectivity index (χ1) is 22.4. The molecule has 2 aromatic heterocycles. The molecule has 1 unspecified atom stereocenters. The van der Waals surface area contributed by atoms with Crippen LogP contribution in [0, 0.1) is 31.0 Å². The Morgan fingerprint density at radius 2 is 1.83 bits per heavy atom. The minimum Gasteiger partial charge on any atom is -0.441 e. The van der Waals surface area contributed by atoms with Crippen LogP contribution < -0.4 is 16.4 Å². The van der Waals surface area contributed by atoms with Gasteiger partial charge in [0.15, 0.2) is 6.73 Å². The number of amides is 2. The molecule has 0 radical (unpaired) electrons. The third kappa shape index (κ3) is 6.17. The van der Waals surface area contributed by atoms with E-state index in [1.54, 1.807) is 36.0 Å². The molecule has 4 N–H and O–H groups in total. The van der Waals surface area contributed by atoms with Gasteiger partial charge in [0.25, 0.3) is 5.91 Å². The van der Waals surface area contributed by atoms with Crippen molar-refractivity contribution in [1.82, 2.24) is 24.9 Å². The Morgan fingerprint density at radius 3 is 2.47 bits per heavy atom. The first kappa shape index (κ1) is 32.1. The molecule has 47 heavy (non-hydrogen) atoms. The topological polar surface area (TPSA) is 146 Å². The molecule has 1 fully saturated rings. The van der Waals surface area contributed by atoms with Gasteiger partial charge in [-0.1, -0.05) is 32.0 Å². The summed E-state index contributed by atoms with van der Waals surface area (Å²) >= 11 is 0. The molecule has 1 saturated carbocycles. The van der Waals surface area contributed by atoms with Crippen molar-refractivity contribution in [3.05, 3.63) is 88.8 Å². The molecule has 0 saturated heterocycles. The highest BCUT2D eigenvalue weighted by atomic mass is 19.1. The summed E-state index contributed by atoms with van der Waals surface area (Å²) in [6, 6.07) is 12.0. The van der Waals surface area contributed by atoms with Crippen LogP contribution in [0.2, 0.25) is 0 Å². The Hall–Kier alpha value is -4.84. The van der Waals surface area contributed by atoms with Crippen LogP contribution in [-0.4, -0.2) is 49.4 Å². The molecule has 2 aromatic carbocycles. The molecule has 2 amide bonds. The number of esters is 1. The second-order valence-corrected chi connectivity index (χ2v) is 13.1. The number of carbonyl (C=O) groups is 3. The van der Waals surface area contributed by atoms with E-state index in [0.717, 1.165) is 52.9 Å². The first-order valence-electron chi connectivity index (χ1n) is 15.8. The van der Waals surface area contributed by atoms with Crippen LogP contribution in [0.4, 0.5) is 10.1 Å². The Morgan fingerprint density at radius 1 is 1.11 bits per heavy atom. The zero-order chi connectivity index (χ0) is 33.6. The molecular formula is C35H40FN7O4. The van der Waals surface area contributed by atoms with Crippen molar-refractivity contribution in [2.75, 3.05) is 5.32 Å². The van der Waals surface area contributed by atoms with E-state index < -0.39 is 24.0 Å². The van der Waals surface area contributed by atoms with Crippen molar-refractivity contribution in [3.8, 4) is 11.1 Å². The van der Waals surface area contributed by atoms with Crippen LogP contribution >= 0.6 is 0 Å². The molecular weight excluding hydrogens is 601 g/mol. The molecule has 2 heterocycles. The van der Waals surface area contributed by atoms with E-state index in [9.17, 15) is 18.8 Å². The predicted molar refractivity (Wildman–Crippen MR) is 174 cm³/mol. The first-order valence-corrected chi connectivity index (χ1v) is 15.8. The lowest BCUT2D eigenvalue weighted by atomic mass is 9.82.